The molecule has 0 saturated carbocycles. The number of hydrogen-bond acceptors (Lipinski definition) is 6. The Morgan fingerprint density at radius 2 is 2.00 bits per heavy atom. The number of rotatable bonds is 8. The fourth-order valence-corrected chi connectivity index (χ4v) is 4.87. The van der Waals surface area contributed by atoms with Gasteiger partial charge < -0.3 is 10.6 Å². The summed E-state index contributed by atoms with van der Waals surface area (Å²) in [6.07, 6.45) is 1.56. The molecule has 1 saturated heterocycles. The molecule has 9 heteroatoms. The zero-order valence-electron chi connectivity index (χ0n) is 14.9. The first-order chi connectivity index (χ1) is 11.5. The number of anilines is 1. The van der Waals surface area contributed by atoms with E-state index in [0.29, 0.717) is 37.8 Å². The van der Waals surface area contributed by atoms with Gasteiger partial charge in [-0.2, -0.15) is 17.0 Å². The Bertz CT molecular complexity index is 647. The summed E-state index contributed by atoms with van der Waals surface area (Å²) in [6, 6.07) is 1.57. The molecule has 1 unspecified atom stereocenters. The first kappa shape index (κ1) is 19.0. The molecule has 1 fully saturated rings. The van der Waals surface area contributed by atoms with Gasteiger partial charge in [-0.15, -0.1) is 0 Å². The third-order valence-corrected chi connectivity index (χ3v) is 6.44. The van der Waals surface area contributed by atoms with Crippen LogP contribution in [0.25, 0.3) is 0 Å². The van der Waals surface area contributed by atoms with Crippen molar-refractivity contribution >= 4 is 16.0 Å². The number of nitrogens with one attached hydrogen (secondary N) is 2. The Kier molecular flexibility index (Phi) is 6.50. The molecule has 0 amide bonds. The van der Waals surface area contributed by atoms with Gasteiger partial charge in [0, 0.05) is 39.3 Å². The van der Waals surface area contributed by atoms with E-state index in [2.05, 4.69) is 20.6 Å². The standard InChI is InChI=1S/C15H28N6O2S/c1-5-20(6-2)24(22,23)21-9-7-8-13(21)15-18-12(11-16-3)10-14(17-4)19-15/h10,13,16H,5-9,11H2,1-4H3,(H,17,18,19). The molecule has 1 aromatic rings. The second-order valence-electron chi connectivity index (χ2n) is 5.74. The molecular formula is C15H28N6O2S. The van der Waals surface area contributed by atoms with Gasteiger partial charge in [0.1, 0.15) is 11.6 Å². The van der Waals surface area contributed by atoms with Crippen molar-refractivity contribution in [3.8, 4) is 0 Å². The van der Waals surface area contributed by atoms with Crippen LogP contribution in [0.5, 0.6) is 0 Å². The maximum atomic E-state index is 12.9. The lowest BCUT2D eigenvalue weighted by Gasteiger charge is -2.29. The summed E-state index contributed by atoms with van der Waals surface area (Å²) in [7, 11) is 0.162. The molecule has 1 atom stereocenters. The molecular weight excluding hydrogens is 328 g/mol. The SMILES string of the molecule is CCN(CC)S(=O)(=O)N1CCCC1c1nc(CNC)cc(NC)n1. The van der Waals surface area contributed by atoms with Crippen molar-refractivity contribution in [1.82, 2.24) is 23.9 Å². The van der Waals surface area contributed by atoms with Gasteiger partial charge in [-0.25, -0.2) is 9.97 Å². The minimum atomic E-state index is -3.49. The molecule has 1 aliphatic rings. The summed E-state index contributed by atoms with van der Waals surface area (Å²) >= 11 is 0. The van der Waals surface area contributed by atoms with Crippen molar-refractivity contribution in [3.05, 3.63) is 17.6 Å². The molecule has 1 aromatic heterocycles. The zero-order valence-corrected chi connectivity index (χ0v) is 15.7. The molecule has 2 N–H and O–H groups in total. The Morgan fingerprint density at radius 3 is 2.58 bits per heavy atom. The molecule has 1 aliphatic heterocycles. The average molecular weight is 356 g/mol. The highest BCUT2D eigenvalue weighted by Crippen LogP contribution is 2.34. The van der Waals surface area contributed by atoms with E-state index in [0.717, 1.165) is 18.5 Å². The van der Waals surface area contributed by atoms with E-state index in [-0.39, 0.29) is 6.04 Å². The van der Waals surface area contributed by atoms with Crippen molar-refractivity contribution in [2.45, 2.75) is 39.3 Å². The van der Waals surface area contributed by atoms with Gasteiger partial charge in [-0.1, -0.05) is 13.8 Å². The van der Waals surface area contributed by atoms with Crippen LogP contribution in [0, 0.1) is 0 Å². The molecule has 0 aliphatic carbocycles. The smallest absolute Gasteiger partial charge is 0.282 e. The minimum absolute atomic E-state index is 0.306. The van der Waals surface area contributed by atoms with E-state index in [4.69, 9.17) is 0 Å². The van der Waals surface area contributed by atoms with E-state index in [1.807, 2.05) is 27.0 Å². The van der Waals surface area contributed by atoms with Crippen LogP contribution in [0.1, 0.15) is 44.2 Å². The molecule has 2 rings (SSSR count). The first-order valence-corrected chi connectivity index (χ1v) is 9.84. The van der Waals surface area contributed by atoms with Gasteiger partial charge in [0.05, 0.1) is 11.7 Å². The minimum Gasteiger partial charge on any atom is -0.373 e. The Balaban J connectivity index is 2.38. The van der Waals surface area contributed by atoms with Gasteiger partial charge in [0.15, 0.2) is 0 Å². The van der Waals surface area contributed by atoms with Crippen LogP contribution in [0.2, 0.25) is 0 Å². The fourth-order valence-electron chi connectivity index (χ4n) is 3.04. The van der Waals surface area contributed by atoms with Crippen LogP contribution < -0.4 is 10.6 Å². The molecule has 0 radical (unpaired) electrons. The van der Waals surface area contributed by atoms with Crippen molar-refractivity contribution in [2.24, 2.45) is 0 Å². The van der Waals surface area contributed by atoms with E-state index in [1.165, 1.54) is 4.31 Å². The highest BCUT2D eigenvalue weighted by atomic mass is 32.2. The molecule has 2 heterocycles. The number of hydrogen-bond donors (Lipinski definition) is 2. The van der Waals surface area contributed by atoms with Crippen molar-refractivity contribution in [2.75, 3.05) is 39.0 Å². The van der Waals surface area contributed by atoms with E-state index < -0.39 is 10.2 Å². The third-order valence-electron chi connectivity index (χ3n) is 4.24. The Labute approximate surface area is 144 Å². The zero-order chi connectivity index (χ0) is 17.7. The summed E-state index contributed by atoms with van der Waals surface area (Å²) in [5.74, 6) is 1.28. The molecule has 0 bridgehead atoms. The number of aromatic nitrogens is 2. The highest BCUT2D eigenvalue weighted by Gasteiger charge is 2.39. The summed E-state index contributed by atoms with van der Waals surface area (Å²) in [4.78, 5) is 9.11. The Hall–Kier alpha value is -1.29. The predicted molar refractivity (Wildman–Crippen MR) is 94.9 cm³/mol. The third kappa shape index (κ3) is 3.85. The van der Waals surface area contributed by atoms with Crippen molar-refractivity contribution in [3.63, 3.8) is 0 Å². The second-order valence-corrected chi connectivity index (χ2v) is 7.62. The summed E-state index contributed by atoms with van der Waals surface area (Å²) in [5.41, 5.74) is 0.846. The van der Waals surface area contributed by atoms with Crippen LogP contribution in [0.4, 0.5) is 5.82 Å². The maximum absolute atomic E-state index is 12.9. The van der Waals surface area contributed by atoms with Crippen LogP contribution >= 0.6 is 0 Å². The van der Waals surface area contributed by atoms with Crippen LogP contribution in [-0.2, 0) is 16.8 Å². The highest BCUT2D eigenvalue weighted by molar-refractivity contribution is 7.86. The van der Waals surface area contributed by atoms with E-state index in [9.17, 15) is 8.42 Å². The first-order valence-electron chi connectivity index (χ1n) is 8.45. The maximum Gasteiger partial charge on any atom is 0.282 e. The lowest BCUT2D eigenvalue weighted by atomic mass is 10.2. The Morgan fingerprint density at radius 1 is 1.29 bits per heavy atom. The normalized spacial score (nSPS) is 19.1. The van der Waals surface area contributed by atoms with Gasteiger partial charge >= 0.3 is 0 Å². The molecule has 0 spiro atoms. The van der Waals surface area contributed by atoms with Crippen molar-refractivity contribution in [1.29, 1.82) is 0 Å². The van der Waals surface area contributed by atoms with Gasteiger partial charge in [0.2, 0.25) is 0 Å². The monoisotopic (exact) mass is 356 g/mol. The molecule has 0 aromatic carbocycles. The molecule has 136 valence electrons. The largest absolute Gasteiger partial charge is 0.373 e. The molecule has 8 nitrogen and oxygen atoms in total. The molecule has 24 heavy (non-hydrogen) atoms. The van der Waals surface area contributed by atoms with Crippen LogP contribution in [0.15, 0.2) is 6.07 Å². The summed E-state index contributed by atoms with van der Waals surface area (Å²) in [5, 5.41) is 6.10. The van der Waals surface area contributed by atoms with Gasteiger partial charge in [0.25, 0.3) is 10.2 Å². The van der Waals surface area contributed by atoms with Crippen LogP contribution in [-0.4, -0.2) is 60.7 Å². The van der Waals surface area contributed by atoms with Crippen molar-refractivity contribution < 1.29 is 8.42 Å². The van der Waals surface area contributed by atoms with Gasteiger partial charge in [-0.05, 0) is 19.9 Å². The van der Waals surface area contributed by atoms with Gasteiger partial charge in [-0.3, -0.25) is 0 Å². The lowest BCUT2D eigenvalue weighted by molar-refractivity contribution is 0.330. The van der Waals surface area contributed by atoms with E-state index >= 15 is 0 Å². The fraction of sp³-hybridized carbons (Fsp3) is 0.733. The topological polar surface area (TPSA) is 90.5 Å². The quantitative estimate of drug-likeness (QED) is 0.721. The summed E-state index contributed by atoms with van der Waals surface area (Å²) < 4.78 is 28.9. The second kappa shape index (κ2) is 8.19. The van der Waals surface area contributed by atoms with Crippen LogP contribution in [0.3, 0.4) is 0 Å². The average Bonchev–Trinajstić information content (AvgIpc) is 3.06. The lowest BCUT2D eigenvalue weighted by Crippen LogP contribution is -2.43. The predicted octanol–water partition coefficient (Wildman–Crippen LogP) is 0.961. The summed E-state index contributed by atoms with van der Waals surface area (Å²) in [6.45, 7) is 5.76. The number of nitrogens with zero attached hydrogens (tertiary/aromatic N) is 4. The van der Waals surface area contributed by atoms with E-state index in [1.54, 1.807) is 11.4 Å².